The Morgan fingerprint density at radius 1 is 0.931 bits per heavy atom. The van der Waals surface area contributed by atoms with Crippen LogP contribution in [0.15, 0.2) is 77.8 Å². The number of nitrogens with zero attached hydrogens (tertiary/aromatic N) is 2. The van der Waals surface area contributed by atoms with Crippen molar-refractivity contribution < 1.29 is 4.79 Å². The number of aldehydes is 1. The second-order valence-electron chi connectivity index (χ2n) is 6.36. The Kier molecular flexibility index (Phi) is 5.76. The van der Waals surface area contributed by atoms with Gasteiger partial charge < -0.3 is 0 Å². The van der Waals surface area contributed by atoms with Gasteiger partial charge in [0.15, 0.2) is 6.29 Å². The summed E-state index contributed by atoms with van der Waals surface area (Å²) < 4.78 is 1.80. The van der Waals surface area contributed by atoms with Crippen LogP contribution in [-0.2, 0) is 0 Å². The molecule has 0 bridgehead atoms. The third-order valence-corrected chi connectivity index (χ3v) is 5.93. The van der Waals surface area contributed by atoms with Crippen molar-refractivity contribution in [3.8, 4) is 28.2 Å². The first-order chi connectivity index (χ1) is 14.1. The quantitative estimate of drug-likeness (QED) is 0.247. The van der Waals surface area contributed by atoms with E-state index in [1.807, 2.05) is 42.5 Å². The topological polar surface area (TPSA) is 34.9 Å². The Morgan fingerprint density at radius 2 is 1.72 bits per heavy atom. The highest BCUT2D eigenvalue weighted by Crippen LogP contribution is 2.34. The van der Waals surface area contributed by atoms with Crippen LogP contribution in [0, 0.1) is 0 Å². The SMILES string of the molecule is CSc1cccc(-c2ccc(-n3cc(C=O)nc3-c3ccccc3Cl)c(Cl)c2)c1. The molecule has 0 atom stereocenters. The summed E-state index contributed by atoms with van der Waals surface area (Å²) in [7, 11) is 0. The van der Waals surface area contributed by atoms with Crippen molar-refractivity contribution in [1.29, 1.82) is 0 Å². The van der Waals surface area contributed by atoms with Crippen LogP contribution in [0.5, 0.6) is 0 Å². The second-order valence-corrected chi connectivity index (χ2v) is 8.05. The van der Waals surface area contributed by atoms with E-state index in [0.717, 1.165) is 22.4 Å². The summed E-state index contributed by atoms with van der Waals surface area (Å²) in [4.78, 5) is 17.0. The Labute approximate surface area is 183 Å². The molecule has 1 heterocycles. The fraction of sp³-hybridized carbons (Fsp3) is 0.0435. The van der Waals surface area contributed by atoms with E-state index in [1.54, 1.807) is 28.6 Å². The summed E-state index contributed by atoms with van der Waals surface area (Å²) in [6.07, 6.45) is 4.43. The normalized spacial score (nSPS) is 10.9. The van der Waals surface area contributed by atoms with Gasteiger partial charge in [0.2, 0.25) is 0 Å². The van der Waals surface area contributed by atoms with Gasteiger partial charge in [0.1, 0.15) is 11.5 Å². The van der Waals surface area contributed by atoms with Crippen LogP contribution >= 0.6 is 35.0 Å². The molecule has 3 aromatic carbocycles. The number of hydrogen-bond acceptors (Lipinski definition) is 3. The Hall–Kier alpha value is -2.53. The number of aromatic nitrogens is 2. The molecule has 0 saturated heterocycles. The molecule has 4 rings (SSSR count). The number of carbonyl (C=O) groups is 1. The molecule has 0 N–H and O–H groups in total. The maximum absolute atomic E-state index is 11.4. The number of benzene rings is 3. The van der Waals surface area contributed by atoms with Gasteiger partial charge in [-0.25, -0.2) is 4.98 Å². The highest BCUT2D eigenvalue weighted by Gasteiger charge is 2.16. The lowest BCUT2D eigenvalue weighted by Crippen LogP contribution is -1.98. The molecule has 0 aliphatic carbocycles. The molecule has 6 heteroatoms. The maximum Gasteiger partial charge on any atom is 0.170 e. The van der Waals surface area contributed by atoms with Crippen LogP contribution in [0.1, 0.15) is 10.5 Å². The van der Waals surface area contributed by atoms with Gasteiger partial charge in [0.05, 0.1) is 15.7 Å². The van der Waals surface area contributed by atoms with Gasteiger partial charge in [0, 0.05) is 16.7 Å². The van der Waals surface area contributed by atoms with Crippen molar-refractivity contribution >= 4 is 41.2 Å². The summed E-state index contributed by atoms with van der Waals surface area (Å²) in [5, 5.41) is 1.11. The first kappa shape index (κ1) is 19.8. The smallest absolute Gasteiger partial charge is 0.170 e. The summed E-state index contributed by atoms with van der Waals surface area (Å²) in [5.74, 6) is 0.566. The van der Waals surface area contributed by atoms with Crippen LogP contribution in [-0.4, -0.2) is 22.1 Å². The molecular weight excluding hydrogens is 423 g/mol. The zero-order chi connectivity index (χ0) is 20.4. The first-order valence-electron chi connectivity index (χ1n) is 8.84. The fourth-order valence-electron chi connectivity index (χ4n) is 3.16. The standard InChI is InChI=1S/C23H16Cl2N2OS/c1-29-18-6-4-5-15(11-18)16-9-10-22(21(25)12-16)27-13-17(14-28)26-23(27)19-7-2-3-8-20(19)24/h2-14H,1H3. The van der Waals surface area contributed by atoms with E-state index in [2.05, 4.69) is 29.4 Å². The Balaban J connectivity index is 1.83. The lowest BCUT2D eigenvalue weighted by Gasteiger charge is -2.12. The van der Waals surface area contributed by atoms with E-state index < -0.39 is 0 Å². The van der Waals surface area contributed by atoms with Gasteiger partial charge in [0.25, 0.3) is 0 Å². The van der Waals surface area contributed by atoms with E-state index in [4.69, 9.17) is 23.2 Å². The minimum absolute atomic E-state index is 0.313. The summed E-state index contributed by atoms with van der Waals surface area (Å²) in [5.41, 5.74) is 3.88. The van der Waals surface area contributed by atoms with Gasteiger partial charge in [-0.05, 0) is 53.8 Å². The molecule has 0 saturated carbocycles. The first-order valence-corrected chi connectivity index (χ1v) is 10.8. The molecule has 0 spiro atoms. The van der Waals surface area contributed by atoms with Gasteiger partial charge in [-0.2, -0.15) is 0 Å². The van der Waals surface area contributed by atoms with Gasteiger partial charge in [-0.3, -0.25) is 9.36 Å². The minimum Gasteiger partial charge on any atom is -0.297 e. The molecule has 0 aliphatic heterocycles. The molecule has 1 aromatic heterocycles. The van der Waals surface area contributed by atoms with Crippen molar-refractivity contribution in [2.75, 3.05) is 6.26 Å². The maximum atomic E-state index is 11.4. The van der Waals surface area contributed by atoms with E-state index in [1.165, 1.54) is 4.90 Å². The van der Waals surface area contributed by atoms with Crippen molar-refractivity contribution in [2.45, 2.75) is 4.90 Å². The molecule has 0 radical (unpaired) electrons. The summed E-state index contributed by atoms with van der Waals surface area (Å²) >= 11 is 14.7. The largest absolute Gasteiger partial charge is 0.297 e. The highest BCUT2D eigenvalue weighted by molar-refractivity contribution is 7.98. The van der Waals surface area contributed by atoms with Crippen molar-refractivity contribution in [2.24, 2.45) is 0 Å². The molecule has 0 aliphatic rings. The van der Waals surface area contributed by atoms with E-state index in [9.17, 15) is 4.79 Å². The van der Waals surface area contributed by atoms with Crippen molar-refractivity contribution in [3.63, 3.8) is 0 Å². The van der Waals surface area contributed by atoms with Crippen LogP contribution in [0.4, 0.5) is 0 Å². The lowest BCUT2D eigenvalue weighted by molar-refractivity contribution is 0.111. The van der Waals surface area contributed by atoms with Crippen LogP contribution < -0.4 is 0 Å². The molecule has 29 heavy (non-hydrogen) atoms. The zero-order valence-electron chi connectivity index (χ0n) is 15.5. The van der Waals surface area contributed by atoms with Crippen molar-refractivity contribution in [1.82, 2.24) is 9.55 Å². The highest BCUT2D eigenvalue weighted by atomic mass is 35.5. The molecule has 3 nitrogen and oxygen atoms in total. The number of carbonyl (C=O) groups excluding carboxylic acids is 1. The third-order valence-electron chi connectivity index (χ3n) is 4.57. The van der Waals surface area contributed by atoms with E-state index in [-0.39, 0.29) is 0 Å². The van der Waals surface area contributed by atoms with E-state index >= 15 is 0 Å². The summed E-state index contributed by atoms with van der Waals surface area (Å²) in [6, 6.07) is 21.6. The van der Waals surface area contributed by atoms with Gasteiger partial charge >= 0.3 is 0 Å². The van der Waals surface area contributed by atoms with Crippen LogP contribution in [0.25, 0.3) is 28.2 Å². The average molecular weight is 439 g/mol. The molecule has 0 fully saturated rings. The number of thioether (sulfide) groups is 1. The molecular formula is C23H16Cl2N2OS. The van der Waals surface area contributed by atoms with Crippen LogP contribution in [0.2, 0.25) is 10.0 Å². The Morgan fingerprint density at radius 3 is 2.45 bits per heavy atom. The molecule has 144 valence electrons. The summed E-state index contributed by atoms with van der Waals surface area (Å²) in [6.45, 7) is 0. The van der Waals surface area contributed by atoms with Gasteiger partial charge in [-0.15, -0.1) is 11.8 Å². The predicted molar refractivity (Wildman–Crippen MR) is 122 cm³/mol. The van der Waals surface area contributed by atoms with E-state index in [0.29, 0.717) is 27.8 Å². The molecule has 0 unspecified atom stereocenters. The fourth-order valence-corrected chi connectivity index (χ4v) is 4.11. The predicted octanol–water partition coefficient (Wildman–Crippen LogP) is 7.05. The lowest BCUT2D eigenvalue weighted by atomic mass is 10.1. The van der Waals surface area contributed by atoms with Crippen molar-refractivity contribution in [3.05, 3.63) is 88.7 Å². The minimum atomic E-state index is 0.313. The molecule has 0 amide bonds. The number of hydrogen-bond donors (Lipinski definition) is 0. The molecule has 4 aromatic rings. The number of halogens is 2. The Bertz CT molecular complexity index is 1200. The monoisotopic (exact) mass is 438 g/mol. The number of imidazole rings is 1. The number of rotatable bonds is 5. The van der Waals surface area contributed by atoms with Gasteiger partial charge in [-0.1, -0.05) is 53.5 Å². The third kappa shape index (κ3) is 3.97. The second kappa shape index (κ2) is 8.46. The average Bonchev–Trinajstić information content (AvgIpc) is 3.18. The van der Waals surface area contributed by atoms with Crippen LogP contribution in [0.3, 0.4) is 0 Å². The zero-order valence-corrected chi connectivity index (χ0v) is 17.8.